The molecule has 0 amide bonds. The Hall–Kier alpha value is -5.44. The molecule has 0 aliphatic heterocycles. The molecule has 1 nitrogen and oxygen atoms in total. The van der Waals surface area contributed by atoms with E-state index in [9.17, 15) is 0 Å². The third-order valence-corrected chi connectivity index (χ3v) is 11.1. The van der Waals surface area contributed by atoms with E-state index in [0.717, 1.165) is 12.8 Å². The molecular formula is C44H29NS. The van der Waals surface area contributed by atoms with Gasteiger partial charge in [0, 0.05) is 36.6 Å². The maximum atomic E-state index is 2.46. The Labute approximate surface area is 270 Å². The lowest BCUT2D eigenvalue weighted by Crippen LogP contribution is -2.00. The first kappa shape index (κ1) is 25.8. The van der Waals surface area contributed by atoms with Crippen molar-refractivity contribution < 1.29 is 0 Å². The van der Waals surface area contributed by atoms with Crippen LogP contribution in [0, 0.1) is 0 Å². The monoisotopic (exact) mass is 603 g/mol. The van der Waals surface area contributed by atoms with E-state index in [-0.39, 0.29) is 0 Å². The van der Waals surface area contributed by atoms with E-state index in [0.29, 0.717) is 0 Å². The summed E-state index contributed by atoms with van der Waals surface area (Å²) in [6.07, 6.45) is 10.9. The predicted molar refractivity (Wildman–Crippen MR) is 200 cm³/mol. The van der Waals surface area contributed by atoms with E-state index in [1.54, 1.807) is 0 Å². The molecule has 0 bridgehead atoms. The molecule has 1 aliphatic rings. The number of aromatic nitrogens is 1. The normalized spacial score (nSPS) is 14.7. The van der Waals surface area contributed by atoms with Crippen LogP contribution in [-0.2, 0) is 12.8 Å². The van der Waals surface area contributed by atoms with Gasteiger partial charge < -0.3 is 4.57 Å². The molecule has 2 heterocycles. The van der Waals surface area contributed by atoms with Crippen LogP contribution >= 0.6 is 11.3 Å². The van der Waals surface area contributed by atoms with Gasteiger partial charge in [0.15, 0.2) is 0 Å². The lowest BCUT2D eigenvalue weighted by atomic mass is 9.87. The number of benzene rings is 7. The van der Waals surface area contributed by atoms with Gasteiger partial charge in [-0.1, -0.05) is 103 Å². The Morgan fingerprint density at radius 2 is 1.02 bits per heavy atom. The summed E-state index contributed by atoms with van der Waals surface area (Å²) in [6, 6.07) is 47.6. The largest absolute Gasteiger partial charge is 0.309 e. The molecule has 0 fully saturated rings. The SMILES string of the molecule is C1=C\Cc2c(c3ccc(-n4c5ccccc5c5cc(-c6ccc7sc8ccccc8c7c6)ccc54)cc3c3ccccc23)C\C=C/1. The molecule has 0 saturated heterocycles. The summed E-state index contributed by atoms with van der Waals surface area (Å²) >= 11 is 1.87. The summed E-state index contributed by atoms with van der Waals surface area (Å²) in [6.45, 7) is 0. The Balaban J connectivity index is 1.19. The molecule has 0 radical (unpaired) electrons. The lowest BCUT2D eigenvalue weighted by Gasteiger charge is -2.18. The van der Waals surface area contributed by atoms with Crippen molar-refractivity contribution in [3.05, 3.63) is 163 Å². The lowest BCUT2D eigenvalue weighted by molar-refractivity contribution is 1.17. The first-order chi connectivity index (χ1) is 22.8. The molecule has 10 rings (SSSR count). The molecule has 216 valence electrons. The molecule has 7 aromatic carbocycles. The summed E-state index contributed by atoms with van der Waals surface area (Å²) < 4.78 is 5.14. The number of hydrogen-bond acceptors (Lipinski definition) is 1. The summed E-state index contributed by atoms with van der Waals surface area (Å²) in [5, 5.41) is 10.6. The van der Waals surface area contributed by atoms with Crippen LogP contribution in [0.2, 0.25) is 0 Å². The standard InChI is InChI=1S/C44H29NS/c1-2-4-12-33-31(11-3-1)32-13-5-6-14-34(32)38-27-30(21-22-35(33)38)45-41-17-9-7-15-36(41)39-25-28(19-23-42(39)45)29-20-24-44-40(26-29)37-16-8-10-18-43(37)46-44/h1-10,13-27H,11-12H2/b3-1-,4-2-. The Morgan fingerprint density at radius 3 is 1.85 bits per heavy atom. The van der Waals surface area contributed by atoms with Crippen LogP contribution in [0.15, 0.2) is 152 Å². The van der Waals surface area contributed by atoms with Crippen molar-refractivity contribution in [2.45, 2.75) is 12.8 Å². The smallest absolute Gasteiger partial charge is 0.0541 e. The quantitative estimate of drug-likeness (QED) is 0.173. The molecule has 2 aromatic heterocycles. The second-order valence-electron chi connectivity index (χ2n) is 12.4. The molecular weight excluding hydrogens is 575 g/mol. The summed E-state index contributed by atoms with van der Waals surface area (Å²) in [5.41, 5.74) is 9.07. The van der Waals surface area contributed by atoms with Crippen LogP contribution in [0.25, 0.3) is 80.3 Å². The van der Waals surface area contributed by atoms with Crippen LogP contribution in [0.5, 0.6) is 0 Å². The maximum Gasteiger partial charge on any atom is 0.0541 e. The first-order valence-electron chi connectivity index (χ1n) is 16.0. The number of rotatable bonds is 2. The Kier molecular flexibility index (Phi) is 5.64. The molecule has 2 heteroatoms. The van der Waals surface area contributed by atoms with E-state index in [1.165, 1.54) is 91.5 Å². The zero-order chi connectivity index (χ0) is 30.2. The molecule has 46 heavy (non-hydrogen) atoms. The van der Waals surface area contributed by atoms with E-state index < -0.39 is 0 Å². The Morgan fingerprint density at radius 1 is 0.413 bits per heavy atom. The Bertz CT molecular complexity index is 2750. The van der Waals surface area contributed by atoms with Crippen molar-refractivity contribution in [2.24, 2.45) is 0 Å². The number of hydrogen-bond donors (Lipinski definition) is 0. The zero-order valence-electron chi connectivity index (χ0n) is 25.2. The van der Waals surface area contributed by atoms with Gasteiger partial charge in [0.05, 0.1) is 11.0 Å². The fourth-order valence-corrected chi connectivity index (χ4v) is 8.88. The van der Waals surface area contributed by atoms with Crippen molar-refractivity contribution in [2.75, 3.05) is 0 Å². The average Bonchev–Trinajstić information content (AvgIpc) is 3.63. The van der Waals surface area contributed by atoms with Crippen LogP contribution < -0.4 is 0 Å². The summed E-state index contributed by atoms with van der Waals surface area (Å²) in [5.74, 6) is 0. The van der Waals surface area contributed by atoms with E-state index in [1.807, 2.05) is 11.3 Å². The fraction of sp³-hybridized carbons (Fsp3) is 0.0455. The zero-order valence-corrected chi connectivity index (χ0v) is 26.0. The van der Waals surface area contributed by atoms with Crippen molar-refractivity contribution in [3.8, 4) is 16.8 Å². The number of para-hydroxylation sites is 1. The number of thiophene rings is 1. The summed E-state index contributed by atoms with van der Waals surface area (Å²) in [7, 11) is 0. The molecule has 0 N–H and O–H groups in total. The third kappa shape index (κ3) is 3.81. The van der Waals surface area contributed by atoms with Gasteiger partial charge in [-0.3, -0.25) is 0 Å². The molecule has 0 spiro atoms. The second kappa shape index (κ2) is 10.0. The van der Waals surface area contributed by atoms with Crippen molar-refractivity contribution in [1.82, 2.24) is 4.57 Å². The summed E-state index contributed by atoms with van der Waals surface area (Å²) in [4.78, 5) is 0. The minimum absolute atomic E-state index is 0.950. The van der Waals surface area contributed by atoms with Crippen LogP contribution in [0.1, 0.15) is 11.1 Å². The van der Waals surface area contributed by atoms with Gasteiger partial charge in [0.1, 0.15) is 0 Å². The van der Waals surface area contributed by atoms with Crippen molar-refractivity contribution >= 4 is 74.9 Å². The van der Waals surface area contributed by atoms with Crippen molar-refractivity contribution in [3.63, 3.8) is 0 Å². The van der Waals surface area contributed by atoms with Crippen LogP contribution in [-0.4, -0.2) is 4.57 Å². The highest BCUT2D eigenvalue weighted by Crippen LogP contribution is 2.40. The van der Waals surface area contributed by atoms with Gasteiger partial charge in [-0.05, 0) is 105 Å². The third-order valence-electron chi connectivity index (χ3n) is 9.90. The van der Waals surface area contributed by atoms with E-state index >= 15 is 0 Å². The number of nitrogens with zero attached hydrogens (tertiary/aromatic N) is 1. The van der Waals surface area contributed by atoms with Gasteiger partial charge in [-0.2, -0.15) is 0 Å². The first-order valence-corrected chi connectivity index (χ1v) is 16.9. The molecule has 0 saturated carbocycles. The van der Waals surface area contributed by atoms with Gasteiger partial charge in [0.25, 0.3) is 0 Å². The highest BCUT2D eigenvalue weighted by atomic mass is 32.1. The van der Waals surface area contributed by atoms with Crippen molar-refractivity contribution in [1.29, 1.82) is 0 Å². The fourth-order valence-electron chi connectivity index (χ4n) is 7.80. The topological polar surface area (TPSA) is 4.93 Å². The van der Waals surface area contributed by atoms with E-state index in [4.69, 9.17) is 0 Å². The highest BCUT2D eigenvalue weighted by Gasteiger charge is 2.17. The van der Waals surface area contributed by atoms with Gasteiger partial charge in [0.2, 0.25) is 0 Å². The van der Waals surface area contributed by atoms with Crippen LogP contribution in [0.3, 0.4) is 0 Å². The van der Waals surface area contributed by atoms with Gasteiger partial charge in [-0.25, -0.2) is 0 Å². The molecule has 0 atom stereocenters. The van der Waals surface area contributed by atoms with Gasteiger partial charge in [-0.15, -0.1) is 11.3 Å². The second-order valence-corrected chi connectivity index (χ2v) is 13.5. The van der Waals surface area contributed by atoms with Crippen LogP contribution in [0.4, 0.5) is 0 Å². The molecule has 1 aliphatic carbocycles. The minimum Gasteiger partial charge on any atom is -0.309 e. The number of fused-ring (bicyclic) bond motifs is 12. The highest BCUT2D eigenvalue weighted by molar-refractivity contribution is 7.25. The molecule has 0 unspecified atom stereocenters. The predicted octanol–water partition coefficient (Wildman–Crippen LogP) is 12.3. The molecule has 9 aromatic rings. The van der Waals surface area contributed by atoms with Gasteiger partial charge >= 0.3 is 0 Å². The minimum atomic E-state index is 0.950. The van der Waals surface area contributed by atoms with E-state index in [2.05, 4.69) is 156 Å². The number of allylic oxidation sites excluding steroid dienone is 4. The maximum absolute atomic E-state index is 2.46. The average molecular weight is 604 g/mol.